The van der Waals surface area contributed by atoms with E-state index in [9.17, 15) is 14.4 Å². The number of benzene rings is 1. The van der Waals surface area contributed by atoms with Crippen molar-refractivity contribution in [3.05, 3.63) is 53.5 Å². The maximum Gasteiger partial charge on any atom is 0.273 e. The number of nitrogens with zero attached hydrogens (tertiary/aromatic N) is 3. The fraction of sp³-hybridized carbons (Fsp3) is 0.458. The molecule has 4 rings (SSSR count). The van der Waals surface area contributed by atoms with E-state index in [2.05, 4.69) is 20.6 Å². The van der Waals surface area contributed by atoms with Crippen molar-refractivity contribution in [2.75, 3.05) is 18.4 Å². The second-order valence-corrected chi connectivity index (χ2v) is 8.63. The average Bonchev–Trinajstić information content (AvgIpc) is 3.35. The molecule has 2 aliphatic rings. The monoisotopic (exact) mass is 435 g/mol. The number of rotatable bonds is 5. The van der Waals surface area contributed by atoms with Crippen LogP contribution in [0, 0.1) is 12.8 Å². The predicted molar refractivity (Wildman–Crippen MR) is 120 cm³/mol. The molecule has 0 atom stereocenters. The lowest BCUT2D eigenvalue weighted by atomic mass is 10.0. The molecule has 1 aliphatic carbocycles. The maximum atomic E-state index is 12.9. The molecular formula is C24H29N5O3. The van der Waals surface area contributed by atoms with Gasteiger partial charge in [0, 0.05) is 43.0 Å². The van der Waals surface area contributed by atoms with Gasteiger partial charge in [-0.15, -0.1) is 0 Å². The summed E-state index contributed by atoms with van der Waals surface area (Å²) in [6, 6.07) is 7.52. The molecule has 2 fully saturated rings. The van der Waals surface area contributed by atoms with Gasteiger partial charge in [0.2, 0.25) is 5.91 Å². The minimum atomic E-state index is -0.358. The minimum Gasteiger partial charge on any atom is -0.348 e. The Morgan fingerprint density at radius 1 is 1.00 bits per heavy atom. The van der Waals surface area contributed by atoms with Gasteiger partial charge in [-0.1, -0.05) is 30.5 Å². The van der Waals surface area contributed by atoms with Gasteiger partial charge in [-0.3, -0.25) is 14.4 Å². The van der Waals surface area contributed by atoms with E-state index < -0.39 is 0 Å². The highest BCUT2D eigenvalue weighted by Crippen LogP contribution is 2.26. The van der Waals surface area contributed by atoms with E-state index in [1.165, 1.54) is 12.4 Å². The van der Waals surface area contributed by atoms with Crippen molar-refractivity contribution in [1.82, 2.24) is 20.2 Å². The van der Waals surface area contributed by atoms with Crippen LogP contribution in [0.1, 0.15) is 64.9 Å². The smallest absolute Gasteiger partial charge is 0.273 e. The van der Waals surface area contributed by atoms with Gasteiger partial charge in [0.25, 0.3) is 11.8 Å². The van der Waals surface area contributed by atoms with Crippen LogP contribution in [0.4, 0.5) is 5.82 Å². The summed E-state index contributed by atoms with van der Waals surface area (Å²) in [7, 11) is 0. The van der Waals surface area contributed by atoms with Crippen molar-refractivity contribution < 1.29 is 14.4 Å². The number of carbonyl (C=O) groups is 3. The number of anilines is 1. The van der Waals surface area contributed by atoms with Gasteiger partial charge in [-0.05, 0) is 44.7 Å². The van der Waals surface area contributed by atoms with Gasteiger partial charge in [0.15, 0.2) is 11.5 Å². The molecule has 8 heteroatoms. The van der Waals surface area contributed by atoms with E-state index in [1.807, 2.05) is 36.1 Å². The SMILES string of the molecule is Cc1cccc(C(=O)N2CCC(NC(=O)c3nccnc3NC(=O)C3CCCC3)CC2)c1. The van der Waals surface area contributed by atoms with Gasteiger partial charge >= 0.3 is 0 Å². The summed E-state index contributed by atoms with van der Waals surface area (Å²) in [5.74, 6) is -0.259. The van der Waals surface area contributed by atoms with Crippen LogP contribution < -0.4 is 10.6 Å². The number of aromatic nitrogens is 2. The molecule has 168 valence electrons. The Hall–Kier alpha value is -3.29. The van der Waals surface area contributed by atoms with Gasteiger partial charge in [-0.25, -0.2) is 9.97 Å². The van der Waals surface area contributed by atoms with Crippen LogP contribution in [-0.2, 0) is 4.79 Å². The highest BCUT2D eigenvalue weighted by Gasteiger charge is 2.28. The van der Waals surface area contributed by atoms with Crippen LogP contribution in [0.15, 0.2) is 36.7 Å². The lowest BCUT2D eigenvalue weighted by molar-refractivity contribution is -0.119. The Bertz CT molecular complexity index is 995. The van der Waals surface area contributed by atoms with Crippen LogP contribution in [0.2, 0.25) is 0 Å². The van der Waals surface area contributed by atoms with Crippen LogP contribution in [0.5, 0.6) is 0 Å². The van der Waals surface area contributed by atoms with Crippen molar-refractivity contribution in [3.8, 4) is 0 Å². The van der Waals surface area contributed by atoms with Crippen molar-refractivity contribution in [3.63, 3.8) is 0 Å². The Balaban J connectivity index is 1.33. The van der Waals surface area contributed by atoms with E-state index in [1.54, 1.807) is 0 Å². The molecule has 3 amide bonds. The van der Waals surface area contributed by atoms with E-state index >= 15 is 0 Å². The largest absolute Gasteiger partial charge is 0.348 e. The highest BCUT2D eigenvalue weighted by molar-refractivity contribution is 6.01. The predicted octanol–water partition coefficient (Wildman–Crippen LogP) is 2.95. The minimum absolute atomic E-state index is 0.0179. The van der Waals surface area contributed by atoms with Gasteiger partial charge < -0.3 is 15.5 Å². The van der Waals surface area contributed by atoms with E-state index in [-0.39, 0.29) is 41.2 Å². The molecule has 1 saturated carbocycles. The summed E-state index contributed by atoms with van der Waals surface area (Å²) in [5, 5.41) is 5.79. The van der Waals surface area contributed by atoms with Gasteiger partial charge in [-0.2, -0.15) is 0 Å². The molecule has 2 N–H and O–H groups in total. The third-order valence-corrected chi connectivity index (χ3v) is 6.26. The highest BCUT2D eigenvalue weighted by atomic mass is 16.2. The van der Waals surface area contributed by atoms with Crippen LogP contribution in [-0.4, -0.2) is 51.7 Å². The molecule has 8 nitrogen and oxygen atoms in total. The molecule has 0 radical (unpaired) electrons. The van der Waals surface area contributed by atoms with Crippen molar-refractivity contribution in [1.29, 1.82) is 0 Å². The number of aryl methyl sites for hydroxylation is 1. The topological polar surface area (TPSA) is 104 Å². The molecule has 1 aromatic heterocycles. The summed E-state index contributed by atoms with van der Waals surface area (Å²) < 4.78 is 0. The van der Waals surface area contributed by atoms with E-state index in [0.717, 1.165) is 31.2 Å². The lowest BCUT2D eigenvalue weighted by Gasteiger charge is -2.32. The average molecular weight is 436 g/mol. The first-order valence-electron chi connectivity index (χ1n) is 11.3. The Labute approximate surface area is 187 Å². The standard InChI is InChI=1S/C24H29N5O3/c1-16-5-4-8-18(15-16)24(32)29-13-9-19(10-14-29)27-23(31)20-21(26-12-11-25-20)28-22(30)17-6-2-3-7-17/h4-5,8,11-12,15,17,19H,2-3,6-7,9-10,13-14H2,1H3,(H,27,31)(H,26,28,30). The van der Waals surface area contributed by atoms with Crippen molar-refractivity contribution >= 4 is 23.5 Å². The Kier molecular flexibility index (Phi) is 6.78. The first-order valence-corrected chi connectivity index (χ1v) is 11.3. The molecule has 0 unspecified atom stereocenters. The first-order chi connectivity index (χ1) is 15.5. The second-order valence-electron chi connectivity index (χ2n) is 8.63. The van der Waals surface area contributed by atoms with Crippen LogP contribution in [0.25, 0.3) is 0 Å². The quantitative estimate of drug-likeness (QED) is 0.751. The molecule has 0 bridgehead atoms. The molecule has 32 heavy (non-hydrogen) atoms. The number of nitrogens with one attached hydrogen (secondary N) is 2. The Morgan fingerprint density at radius 2 is 1.72 bits per heavy atom. The Morgan fingerprint density at radius 3 is 2.44 bits per heavy atom. The normalized spacial score (nSPS) is 17.2. The number of carbonyl (C=O) groups excluding carboxylic acids is 3. The zero-order valence-electron chi connectivity index (χ0n) is 18.3. The molecule has 1 aliphatic heterocycles. The lowest BCUT2D eigenvalue weighted by Crippen LogP contribution is -2.46. The number of hydrogen-bond acceptors (Lipinski definition) is 5. The summed E-state index contributed by atoms with van der Waals surface area (Å²) in [4.78, 5) is 48.2. The molecule has 1 aromatic carbocycles. The third-order valence-electron chi connectivity index (χ3n) is 6.26. The molecular weight excluding hydrogens is 406 g/mol. The van der Waals surface area contributed by atoms with Crippen LogP contribution in [0.3, 0.4) is 0 Å². The maximum absolute atomic E-state index is 12.9. The third kappa shape index (κ3) is 5.12. The number of piperidine rings is 1. The molecule has 1 saturated heterocycles. The number of likely N-dealkylation sites (tertiary alicyclic amines) is 1. The van der Waals surface area contributed by atoms with Crippen molar-refractivity contribution in [2.45, 2.75) is 51.5 Å². The zero-order valence-corrected chi connectivity index (χ0v) is 18.3. The first kappa shape index (κ1) is 21.9. The van der Waals surface area contributed by atoms with Crippen LogP contribution >= 0.6 is 0 Å². The van der Waals surface area contributed by atoms with E-state index in [4.69, 9.17) is 0 Å². The fourth-order valence-corrected chi connectivity index (χ4v) is 4.44. The molecule has 0 spiro atoms. The zero-order chi connectivity index (χ0) is 22.5. The summed E-state index contributed by atoms with van der Waals surface area (Å²) in [6.07, 6.45) is 8.08. The van der Waals surface area contributed by atoms with Gasteiger partial charge in [0.1, 0.15) is 0 Å². The fourth-order valence-electron chi connectivity index (χ4n) is 4.44. The molecule has 2 aromatic rings. The number of hydrogen-bond donors (Lipinski definition) is 2. The summed E-state index contributed by atoms with van der Waals surface area (Å²) >= 11 is 0. The van der Waals surface area contributed by atoms with Gasteiger partial charge in [0.05, 0.1) is 0 Å². The number of amides is 3. The summed E-state index contributed by atoms with van der Waals surface area (Å²) in [5.41, 5.74) is 1.87. The molecule has 2 heterocycles. The second kappa shape index (κ2) is 9.89. The van der Waals surface area contributed by atoms with E-state index in [0.29, 0.717) is 31.5 Å². The summed E-state index contributed by atoms with van der Waals surface area (Å²) in [6.45, 7) is 3.11. The van der Waals surface area contributed by atoms with Crippen molar-refractivity contribution in [2.24, 2.45) is 5.92 Å².